The van der Waals surface area contributed by atoms with Crippen molar-refractivity contribution < 1.29 is 27.5 Å². The lowest BCUT2D eigenvalue weighted by atomic mass is 10.0. The molecule has 0 saturated carbocycles. The normalized spacial score (nSPS) is 11.7. The molecular formula is C13H10F3NO3. The van der Waals surface area contributed by atoms with Crippen LogP contribution in [0.25, 0.3) is 11.5 Å². The highest BCUT2D eigenvalue weighted by Crippen LogP contribution is 2.35. The van der Waals surface area contributed by atoms with Crippen molar-refractivity contribution in [3.05, 3.63) is 40.8 Å². The minimum absolute atomic E-state index is 0.336. The number of alkyl halides is 3. The van der Waals surface area contributed by atoms with E-state index in [1.807, 2.05) is 0 Å². The van der Waals surface area contributed by atoms with Crippen molar-refractivity contribution in [2.75, 3.05) is 0 Å². The molecule has 0 aliphatic rings. The first-order chi connectivity index (χ1) is 9.21. The predicted octanol–water partition coefficient (Wildman–Crippen LogP) is 3.68. The molecule has 106 valence electrons. The summed E-state index contributed by atoms with van der Waals surface area (Å²) in [6.07, 6.45) is -4.88. The average Bonchev–Trinajstić information content (AvgIpc) is 2.77. The van der Waals surface area contributed by atoms with Gasteiger partial charge in [0.2, 0.25) is 11.7 Å². The van der Waals surface area contributed by atoms with Crippen LogP contribution >= 0.6 is 0 Å². The van der Waals surface area contributed by atoms with Crippen LogP contribution < -0.4 is 0 Å². The van der Waals surface area contributed by atoms with Crippen molar-refractivity contribution in [2.45, 2.75) is 20.0 Å². The molecule has 0 amide bonds. The summed E-state index contributed by atoms with van der Waals surface area (Å²) < 4.78 is 43.0. The average molecular weight is 285 g/mol. The molecule has 0 radical (unpaired) electrons. The van der Waals surface area contributed by atoms with Crippen LogP contribution in [0.3, 0.4) is 0 Å². The highest BCUT2D eigenvalue weighted by molar-refractivity contribution is 5.86. The number of nitrogens with zero attached hydrogens (tertiary/aromatic N) is 1. The van der Waals surface area contributed by atoms with Gasteiger partial charge in [0.05, 0.1) is 0 Å². The molecule has 1 heterocycles. The van der Waals surface area contributed by atoms with Gasteiger partial charge in [-0.15, -0.1) is 0 Å². The molecule has 0 unspecified atom stereocenters. The Bertz CT molecular complexity index is 674. The molecule has 0 aliphatic heterocycles. The Kier molecular flexibility index (Phi) is 3.29. The summed E-state index contributed by atoms with van der Waals surface area (Å²) >= 11 is 0. The van der Waals surface area contributed by atoms with Crippen LogP contribution in [0.4, 0.5) is 13.2 Å². The number of hydrogen-bond donors (Lipinski definition) is 1. The third-order valence-corrected chi connectivity index (χ3v) is 2.92. The van der Waals surface area contributed by atoms with E-state index in [0.29, 0.717) is 11.1 Å². The Hall–Kier alpha value is -2.31. The summed E-state index contributed by atoms with van der Waals surface area (Å²) in [7, 11) is 0. The quantitative estimate of drug-likeness (QED) is 0.914. The van der Waals surface area contributed by atoms with Crippen LogP contribution in [0.1, 0.15) is 27.4 Å². The largest absolute Gasteiger partial charge is 0.475 e. The standard InChI is InChI=1S/C13H10F3NO3/c1-6-4-3-5-8(7(6)2)11-17-10(13(14,15)16)9(20-11)12(18)19/h3-5H,1-2H3,(H,18,19). The second-order valence-corrected chi connectivity index (χ2v) is 4.25. The molecule has 2 aromatic rings. The molecule has 2 rings (SSSR count). The van der Waals surface area contributed by atoms with E-state index in [0.717, 1.165) is 5.56 Å². The fraction of sp³-hybridized carbons (Fsp3) is 0.231. The zero-order valence-electron chi connectivity index (χ0n) is 10.6. The zero-order valence-corrected chi connectivity index (χ0v) is 10.6. The van der Waals surface area contributed by atoms with Crippen molar-refractivity contribution in [1.82, 2.24) is 4.98 Å². The van der Waals surface area contributed by atoms with Gasteiger partial charge in [-0.1, -0.05) is 12.1 Å². The number of hydrogen-bond acceptors (Lipinski definition) is 3. The summed E-state index contributed by atoms with van der Waals surface area (Å²) in [5, 5.41) is 8.78. The Labute approximate surface area is 111 Å². The third-order valence-electron chi connectivity index (χ3n) is 2.92. The molecule has 0 spiro atoms. The van der Waals surface area contributed by atoms with Gasteiger partial charge in [-0.05, 0) is 31.0 Å². The van der Waals surface area contributed by atoms with E-state index in [9.17, 15) is 18.0 Å². The maximum absolute atomic E-state index is 12.7. The summed E-state index contributed by atoms with van der Waals surface area (Å²) in [4.78, 5) is 14.1. The summed E-state index contributed by atoms with van der Waals surface area (Å²) in [5.41, 5.74) is 0.328. The van der Waals surface area contributed by atoms with Gasteiger partial charge in [0.25, 0.3) is 0 Å². The lowest BCUT2D eigenvalue weighted by molar-refractivity contribution is -0.141. The van der Waals surface area contributed by atoms with E-state index < -0.39 is 23.6 Å². The van der Waals surface area contributed by atoms with Crippen LogP contribution in [0.2, 0.25) is 0 Å². The van der Waals surface area contributed by atoms with Gasteiger partial charge in [0.15, 0.2) is 5.69 Å². The van der Waals surface area contributed by atoms with Gasteiger partial charge in [-0.3, -0.25) is 0 Å². The van der Waals surface area contributed by atoms with E-state index in [-0.39, 0.29) is 5.89 Å². The number of halogens is 3. The minimum atomic E-state index is -4.88. The third kappa shape index (κ3) is 2.38. The lowest BCUT2D eigenvalue weighted by Gasteiger charge is -2.04. The SMILES string of the molecule is Cc1cccc(-c2nc(C(F)(F)F)c(C(=O)O)o2)c1C. The lowest BCUT2D eigenvalue weighted by Crippen LogP contribution is -2.11. The van der Waals surface area contributed by atoms with Crippen LogP contribution in [-0.2, 0) is 6.18 Å². The Balaban J connectivity index is 2.65. The summed E-state index contributed by atoms with van der Waals surface area (Å²) in [6.45, 7) is 3.48. The van der Waals surface area contributed by atoms with E-state index in [4.69, 9.17) is 9.52 Å². The molecule has 0 atom stereocenters. The van der Waals surface area contributed by atoms with E-state index in [1.165, 1.54) is 6.07 Å². The smallest absolute Gasteiger partial charge is 0.437 e. The second-order valence-electron chi connectivity index (χ2n) is 4.25. The molecule has 1 N–H and O–H groups in total. The second kappa shape index (κ2) is 4.66. The van der Waals surface area contributed by atoms with Gasteiger partial charge in [-0.2, -0.15) is 13.2 Å². The van der Waals surface area contributed by atoms with Gasteiger partial charge in [-0.25, -0.2) is 9.78 Å². The van der Waals surface area contributed by atoms with Crippen LogP contribution in [0, 0.1) is 13.8 Å². The molecule has 1 aromatic heterocycles. The summed E-state index contributed by atoms with van der Waals surface area (Å²) in [5.74, 6) is -3.36. The minimum Gasteiger partial charge on any atom is -0.475 e. The number of carboxylic acid groups (broad SMARTS) is 1. The number of aryl methyl sites for hydroxylation is 1. The monoisotopic (exact) mass is 285 g/mol. The highest BCUT2D eigenvalue weighted by atomic mass is 19.4. The zero-order chi connectivity index (χ0) is 15.1. The molecule has 20 heavy (non-hydrogen) atoms. The van der Waals surface area contributed by atoms with Gasteiger partial charge in [0, 0.05) is 5.56 Å². The van der Waals surface area contributed by atoms with E-state index in [2.05, 4.69) is 4.98 Å². The fourth-order valence-corrected chi connectivity index (χ4v) is 1.76. The molecule has 0 saturated heterocycles. The fourth-order valence-electron chi connectivity index (χ4n) is 1.76. The Morgan fingerprint density at radius 3 is 2.45 bits per heavy atom. The molecule has 7 heteroatoms. The van der Waals surface area contributed by atoms with Gasteiger partial charge < -0.3 is 9.52 Å². The van der Waals surface area contributed by atoms with Gasteiger partial charge in [0.1, 0.15) is 0 Å². The molecule has 0 fully saturated rings. The number of rotatable bonds is 2. The Morgan fingerprint density at radius 1 is 1.30 bits per heavy atom. The molecule has 0 aliphatic carbocycles. The van der Waals surface area contributed by atoms with Crippen molar-refractivity contribution in [1.29, 1.82) is 0 Å². The maximum atomic E-state index is 12.7. The Morgan fingerprint density at radius 2 is 1.95 bits per heavy atom. The predicted molar refractivity (Wildman–Crippen MR) is 63.4 cm³/mol. The maximum Gasteiger partial charge on any atom is 0.437 e. The molecule has 4 nitrogen and oxygen atoms in total. The van der Waals surface area contributed by atoms with Crippen molar-refractivity contribution >= 4 is 5.97 Å². The van der Waals surface area contributed by atoms with E-state index >= 15 is 0 Å². The van der Waals surface area contributed by atoms with Crippen molar-refractivity contribution in [3.8, 4) is 11.5 Å². The van der Waals surface area contributed by atoms with Crippen LogP contribution in [0.5, 0.6) is 0 Å². The molecule has 0 bridgehead atoms. The van der Waals surface area contributed by atoms with Crippen LogP contribution in [-0.4, -0.2) is 16.1 Å². The number of benzene rings is 1. The van der Waals surface area contributed by atoms with Crippen molar-refractivity contribution in [3.63, 3.8) is 0 Å². The summed E-state index contributed by atoms with van der Waals surface area (Å²) in [6, 6.07) is 4.94. The van der Waals surface area contributed by atoms with Crippen LogP contribution in [0.15, 0.2) is 22.6 Å². The van der Waals surface area contributed by atoms with Crippen molar-refractivity contribution in [2.24, 2.45) is 0 Å². The number of carboxylic acids is 1. The number of carbonyl (C=O) groups is 1. The topological polar surface area (TPSA) is 63.3 Å². The molecular weight excluding hydrogens is 275 g/mol. The van der Waals surface area contributed by atoms with E-state index in [1.54, 1.807) is 26.0 Å². The number of aromatic carboxylic acids is 1. The first-order valence-corrected chi connectivity index (χ1v) is 5.59. The number of oxazole rings is 1. The first-order valence-electron chi connectivity index (χ1n) is 5.59. The van der Waals surface area contributed by atoms with Gasteiger partial charge >= 0.3 is 12.1 Å². The molecule has 1 aromatic carbocycles. The highest BCUT2D eigenvalue weighted by Gasteiger charge is 2.41. The first kappa shape index (κ1) is 14.1. The number of aromatic nitrogens is 1.